The van der Waals surface area contributed by atoms with E-state index >= 15 is 0 Å². The number of carbonyl (C=O) groups is 1. The van der Waals surface area contributed by atoms with Crippen LogP contribution in [0.2, 0.25) is 5.02 Å². The standard InChI is InChI=1S/C21H23ClF4N4O/c22-15-2-4-18(28-20(31)16-3-1-14(13-27)11-17(16)23)19(12-15)30-9-7-29(8-10-30)6-5-21(24,25)26/h1-4,11-12H,5-10,13,27H2,(H,28,31). The zero-order valence-electron chi connectivity index (χ0n) is 16.7. The largest absolute Gasteiger partial charge is 0.390 e. The van der Waals surface area contributed by atoms with Gasteiger partial charge in [-0.25, -0.2) is 4.39 Å². The van der Waals surface area contributed by atoms with Gasteiger partial charge in [-0.05, 0) is 35.9 Å². The van der Waals surface area contributed by atoms with E-state index in [0.717, 1.165) is 0 Å². The summed E-state index contributed by atoms with van der Waals surface area (Å²) >= 11 is 6.13. The Morgan fingerprint density at radius 3 is 2.42 bits per heavy atom. The predicted octanol–water partition coefficient (Wildman–Crippen LogP) is 4.26. The number of nitrogens with one attached hydrogen (secondary N) is 1. The predicted molar refractivity (Wildman–Crippen MR) is 113 cm³/mol. The number of piperazine rings is 1. The van der Waals surface area contributed by atoms with Gasteiger partial charge in [0, 0.05) is 44.3 Å². The molecule has 0 aliphatic carbocycles. The Hall–Kier alpha value is -2.36. The van der Waals surface area contributed by atoms with Crippen LogP contribution in [0.15, 0.2) is 36.4 Å². The molecule has 3 rings (SSSR count). The molecule has 0 spiro atoms. The third-order valence-corrected chi connectivity index (χ3v) is 5.38. The molecule has 31 heavy (non-hydrogen) atoms. The van der Waals surface area contributed by atoms with E-state index in [1.807, 2.05) is 4.90 Å². The summed E-state index contributed by atoms with van der Waals surface area (Å²) in [7, 11) is 0. The molecule has 0 atom stereocenters. The highest BCUT2D eigenvalue weighted by atomic mass is 35.5. The fourth-order valence-electron chi connectivity index (χ4n) is 3.43. The molecule has 2 aromatic rings. The maximum atomic E-state index is 14.3. The molecule has 3 N–H and O–H groups in total. The molecule has 1 amide bonds. The molecular formula is C21H23ClF4N4O. The first-order chi connectivity index (χ1) is 14.7. The van der Waals surface area contributed by atoms with Crippen molar-refractivity contribution >= 4 is 28.9 Å². The Bertz CT molecular complexity index is 930. The Labute approximate surface area is 182 Å². The van der Waals surface area contributed by atoms with Gasteiger partial charge in [-0.2, -0.15) is 13.2 Å². The zero-order valence-corrected chi connectivity index (χ0v) is 17.4. The first-order valence-corrected chi connectivity index (χ1v) is 10.2. The van der Waals surface area contributed by atoms with Gasteiger partial charge in [-0.3, -0.25) is 9.69 Å². The number of alkyl halides is 3. The normalized spacial score (nSPS) is 15.2. The molecule has 1 heterocycles. The topological polar surface area (TPSA) is 61.6 Å². The van der Waals surface area contributed by atoms with E-state index in [0.29, 0.717) is 48.1 Å². The van der Waals surface area contributed by atoms with Crippen LogP contribution in [-0.4, -0.2) is 49.7 Å². The summed E-state index contributed by atoms with van der Waals surface area (Å²) < 4.78 is 51.6. The van der Waals surface area contributed by atoms with E-state index in [2.05, 4.69) is 5.32 Å². The number of amides is 1. The molecule has 0 aromatic heterocycles. The number of nitrogens with two attached hydrogens (primary N) is 1. The van der Waals surface area contributed by atoms with Crippen LogP contribution in [0.4, 0.5) is 28.9 Å². The van der Waals surface area contributed by atoms with Crippen LogP contribution in [0.1, 0.15) is 22.3 Å². The smallest absolute Gasteiger partial charge is 0.367 e. The first-order valence-electron chi connectivity index (χ1n) is 9.80. The van der Waals surface area contributed by atoms with Crippen LogP contribution in [0.5, 0.6) is 0 Å². The van der Waals surface area contributed by atoms with Crippen LogP contribution in [0.25, 0.3) is 0 Å². The highest BCUT2D eigenvalue weighted by Gasteiger charge is 2.29. The first kappa shape index (κ1) is 23.3. The van der Waals surface area contributed by atoms with Gasteiger partial charge in [-0.15, -0.1) is 0 Å². The zero-order chi connectivity index (χ0) is 22.6. The maximum Gasteiger partial charge on any atom is 0.390 e. The molecule has 0 bridgehead atoms. The molecular weight excluding hydrogens is 436 g/mol. The van der Waals surface area contributed by atoms with Crippen molar-refractivity contribution in [3.05, 3.63) is 58.4 Å². The van der Waals surface area contributed by atoms with Crippen LogP contribution in [0, 0.1) is 5.82 Å². The van der Waals surface area contributed by atoms with Crippen molar-refractivity contribution in [1.29, 1.82) is 0 Å². The molecule has 0 unspecified atom stereocenters. The van der Waals surface area contributed by atoms with Crippen LogP contribution in [0.3, 0.4) is 0 Å². The Balaban J connectivity index is 1.71. The number of hydrogen-bond donors (Lipinski definition) is 2. The quantitative estimate of drug-likeness (QED) is 0.635. The molecule has 168 valence electrons. The van der Waals surface area contributed by atoms with Gasteiger partial charge in [0.1, 0.15) is 5.82 Å². The van der Waals surface area contributed by atoms with Gasteiger partial charge in [-0.1, -0.05) is 17.7 Å². The second-order valence-electron chi connectivity index (χ2n) is 7.33. The summed E-state index contributed by atoms with van der Waals surface area (Å²) in [5, 5.41) is 3.16. The lowest BCUT2D eigenvalue weighted by atomic mass is 10.1. The second kappa shape index (κ2) is 9.84. The number of hydrogen-bond acceptors (Lipinski definition) is 4. The van der Waals surface area contributed by atoms with E-state index in [4.69, 9.17) is 17.3 Å². The molecule has 1 fully saturated rings. The Morgan fingerprint density at radius 2 is 1.81 bits per heavy atom. The third-order valence-electron chi connectivity index (χ3n) is 5.15. The SMILES string of the molecule is NCc1ccc(C(=O)Nc2ccc(Cl)cc2N2CCN(CCC(F)(F)F)CC2)c(F)c1. The van der Waals surface area contributed by atoms with Crippen molar-refractivity contribution in [2.45, 2.75) is 19.1 Å². The summed E-state index contributed by atoms with van der Waals surface area (Å²) in [6.07, 6.45) is -5.03. The number of carbonyl (C=O) groups excluding carboxylic acids is 1. The molecule has 1 saturated heterocycles. The van der Waals surface area contributed by atoms with Crippen LogP contribution < -0.4 is 16.0 Å². The molecule has 0 radical (unpaired) electrons. The molecule has 0 saturated carbocycles. The van der Waals surface area contributed by atoms with Gasteiger partial charge in [0.25, 0.3) is 5.91 Å². The lowest BCUT2D eigenvalue weighted by Crippen LogP contribution is -2.47. The van der Waals surface area contributed by atoms with Crippen molar-refractivity contribution in [2.75, 3.05) is 42.9 Å². The lowest BCUT2D eigenvalue weighted by molar-refractivity contribution is -0.138. The average molecular weight is 459 g/mol. The van der Waals surface area contributed by atoms with Gasteiger partial charge < -0.3 is 16.0 Å². The molecule has 5 nitrogen and oxygen atoms in total. The number of halogens is 5. The van der Waals surface area contributed by atoms with Crippen molar-refractivity contribution in [1.82, 2.24) is 4.90 Å². The minimum absolute atomic E-state index is 0.0471. The Morgan fingerprint density at radius 1 is 1.10 bits per heavy atom. The van der Waals surface area contributed by atoms with E-state index in [1.54, 1.807) is 29.2 Å². The van der Waals surface area contributed by atoms with Crippen LogP contribution >= 0.6 is 11.6 Å². The number of benzene rings is 2. The van der Waals surface area contributed by atoms with Gasteiger partial charge >= 0.3 is 6.18 Å². The van der Waals surface area contributed by atoms with Crippen LogP contribution in [-0.2, 0) is 6.54 Å². The van der Waals surface area contributed by atoms with Crippen molar-refractivity contribution in [3.8, 4) is 0 Å². The summed E-state index contributed by atoms with van der Waals surface area (Å²) in [5.74, 6) is -1.29. The molecule has 10 heteroatoms. The minimum atomic E-state index is -4.18. The van der Waals surface area contributed by atoms with Crippen molar-refractivity contribution < 1.29 is 22.4 Å². The highest BCUT2D eigenvalue weighted by Crippen LogP contribution is 2.31. The number of nitrogens with zero attached hydrogens (tertiary/aromatic N) is 2. The second-order valence-corrected chi connectivity index (χ2v) is 7.76. The average Bonchev–Trinajstić information content (AvgIpc) is 2.73. The molecule has 1 aliphatic heterocycles. The van der Waals surface area contributed by atoms with Gasteiger partial charge in [0.15, 0.2) is 0 Å². The van der Waals surface area contributed by atoms with E-state index in [1.165, 1.54) is 12.1 Å². The Kier molecular flexibility index (Phi) is 7.40. The summed E-state index contributed by atoms with van der Waals surface area (Å²) in [6, 6.07) is 9.09. The van der Waals surface area contributed by atoms with E-state index in [9.17, 15) is 22.4 Å². The maximum absolute atomic E-state index is 14.3. The van der Waals surface area contributed by atoms with Gasteiger partial charge in [0.2, 0.25) is 0 Å². The van der Waals surface area contributed by atoms with Gasteiger partial charge in [0.05, 0.1) is 23.4 Å². The number of anilines is 2. The fraction of sp³-hybridized carbons (Fsp3) is 0.381. The highest BCUT2D eigenvalue weighted by molar-refractivity contribution is 6.31. The minimum Gasteiger partial charge on any atom is -0.367 e. The molecule has 1 aliphatic rings. The van der Waals surface area contributed by atoms with E-state index in [-0.39, 0.29) is 18.7 Å². The third kappa shape index (κ3) is 6.32. The summed E-state index contributed by atoms with van der Waals surface area (Å²) in [5.41, 5.74) is 7.03. The monoisotopic (exact) mass is 458 g/mol. The lowest BCUT2D eigenvalue weighted by Gasteiger charge is -2.37. The summed E-state index contributed by atoms with van der Waals surface area (Å²) in [4.78, 5) is 16.3. The van der Waals surface area contributed by atoms with Crippen molar-refractivity contribution in [3.63, 3.8) is 0 Å². The van der Waals surface area contributed by atoms with E-state index < -0.39 is 24.3 Å². The summed E-state index contributed by atoms with van der Waals surface area (Å²) in [6.45, 7) is 1.96. The molecule has 2 aromatic carbocycles. The number of rotatable bonds is 6. The fourth-order valence-corrected chi connectivity index (χ4v) is 3.60. The van der Waals surface area contributed by atoms with Crippen molar-refractivity contribution in [2.24, 2.45) is 5.73 Å².